The second kappa shape index (κ2) is 8.67. The van der Waals surface area contributed by atoms with Gasteiger partial charge in [-0.05, 0) is 30.3 Å². The van der Waals surface area contributed by atoms with E-state index in [9.17, 15) is 20.0 Å². The number of phenols is 1. The van der Waals surface area contributed by atoms with Crippen LogP contribution in [0.5, 0.6) is 17.2 Å². The van der Waals surface area contributed by atoms with Gasteiger partial charge in [-0.1, -0.05) is 11.6 Å². The molecular weight excluding hydrogens is 366 g/mol. The maximum atomic E-state index is 11.7. The average Bonchev–Trinajstić information content (AvgIpc) is 2.62. The summed E-state index contributed by atoms with van der Waals surface area (Å²) in [7, 11) is 1.54. The van der Waals surface area contributed by atoms with E-state index in [4.69, 9.17) is 21.1 Å². The zero-order chi connectivity index (χ0) is 19.1. The number of aromatic hydroxyl groups is 1. The Labute approximate surface area is 153 Å². The lowest BCUT2D eigenvalue weighted by molar-refractivity contribution is -0.385. The van der Waals surface area contributed by atoms with E-state index >= 15 is 0 Å². The van der Waals surface area contributed by atoms with Gasteiger partial charge in [0.2, 0.25) is 5.75 Å². The lowest BCUT2D eigenvalue weighted by Crippen LogP contribution is -2.24. The van der Waals surface area contributed by atoms with Crippen LogP contribution < -0.4 is 14.9 Å². The van der Waals surface area contributed by atoms with Gasteiger partial charge in [0, 0.05) is 16.7 Å². The van der Waals surface area contributed by atoms with Crippen LogP contribution in [0.3, 0.4) is 0 Å². The van der Waals surface area contributed by atoms with E-state index < -0.39 is 22.3 Å². The van der Waals surface area contributed by atoms with Crippen LogP contribution in [0, 0.1) is 10.1 Å². The highest BCUT2D eigenvalue weighted by Crippen LogP contribution is 2.32. The molecule has 2 rings (SSSR count). The third-order valence-electron chi connectivity index (χ3n) is 3.10. The van der Waals surface area contributed by atoms with Crippen molar-refractivity contribution in [1.82, 2.24) is 5.43 Å². The fourth-order valence-corrected chi connectivity index (χ4v) is 2.09. The standard InChI is InChI=1S/C16H14ClN3O6/c1-25-12-2-4-13(5-3-12)26-9-15(21)19-18-8-10-6-11(17)7-14(16(10)22)20(23)24/h2-8,22H,9H2,1H3,(H,19,21)/b18-8+. The molecule has 0 unspecified atom stereocenters. The number of nitrogens with zero attached hydrogens (tertiary/aromatic N) is 2. The number of methoxy groups -OCH3 is 1. The van der Waals surface area contributed by atoms with Crippen molar-refractivity contribution in [2.24, 2.45) is 5.10 Å². The number of hydrazone groups is 1. The molecule has 2 aromatic carbocycles. The highest BCUT2D eigenvalue weighted by atomic mass is 35.5. The fourth-order valence-electron chi connectivity index (χ4n) is 1.87. The predicted molar refractivity (Wildman–Crippen MR) is 94.0 cm³/mol. The van der Waals surface area contributed by atoms with Crippen molar-refractivity contribution in [2.75, 3.05) is 13.7 Å². The Morgan fingerprint density at radius 2 is 2.00 bits per heavy atom. The van der Waals surface area contributed by atoms with Gasteiger partial charge in [-0.3, -0.25) is 14.9 Å². The van der Waals surface area contributed by atoms with Crippen molar-refractivity contribution >= 4 is 29.4 Å². The summed E-state index contributed by atoms with van der Waals surface area (Å²) in [6.07, 6.45) is 1.04. The zero-order valence-electron chi connectivity index (χ0n) is 13.5. The first-order valence-corrected chi connectivity index (χ1v) is 7.54. The number of benzene rings is 2. The normalized spacial score (nSPS) is 10.5. The summed E-state index contributed by atoms with van der Waals surface area (Å²) < 4.78 is 10.3. The molecular formula is C16H14ClN3O6. The van der Waals surface area contributed by atoms with Gasteiger partial charge in [-0.2, -0.15) is 5.10 Å². The molecule has 0 aliphatic rings. The molecule has 9 nitrogen and oxygen atoms in total. The maximum absolute atomic E-state index is 11.7. The first-order chi connectivity index (χ1) is 12.4. The molecule has 1 amide bonds. The van der Waals surface area contributed by atoms with E-state index in [0.29, 0.717) is 11.5 Å². The summed E-state index contributed by atoms with van der Waals surface area (Å²) in [6.45, 7) is -0.300. The molecule has 0 atom stereocenters. The maximum Gasteiger partial charge on any atom is 0.312 e. The molecule has 0 bridgehead atoms. The number of nitro groups is 1. The Morgan fingerprint density at radius 1 is 1.35 bits per heavy atom. The largest absolute Gasteiger partial charge is 0.502 e. The number of hydrogen-bond donors (Lipinski definition) is 2. The molecule has 0 aromatic heterocycles. The number of nitro benzene ring substituents is 1. The third-order valence-corrected chi connectivity index (χ3v) is 3.32. The van der Waals surface area contributed by atoms with Crippen molar-refractivity contribution in [3.05, 3.63) is 57.1 Å². The molecule has 0 aliphatic carbocycles. The van der Waals surface area contributed by atoms with Gasteiger partial charge >= 0.3 is 5.69 Å². The topological polar surface area (TPSA) is 123 Å². The molecule has 26 heavy (non-hydrogen) atoms. The van der Waals surface area contributed by atoms with Gasteiger partial charge in [0.15, 0.2) is 6.61 Å². The summed E-state index contributed by atoms with van der Waals surface area (Å²) in [6, 6.07) is 8.92. The molecule has 0 aliphatic heterocycles. The van der Waals surface area contributed by atoms with Gasteiger partial charge in [0.05, 0.1) is 18.2 Å². The quantitative estimate of drug-likeness (QED) is 0.432. The Kier molecular flexibility index (Phi) is 6.34. The first kappa shape index (κ1) is 19.0. The number of amides is 1. The predicted octanol–water partition coefficient (Wildman–Crippen LogP) is 2.49. The molecule has 0 spiro atoms. The minimum Gasteiger partial charge on any atom is -0.502 e. The van der Waals surface area contributed by atoms with Gasteiger partial charge in [0.25, 0.3) is 5.91 Å². The van der Waals surface area contributed by atoms with Crippen LogP contribution in [-0.2, 0) is 4.79 Å². The van der Waals surface area contributed by atoms with Crippen LogP contribution in [0.25, 0.3) is 0 Å². The zero-order valence-corrected chi connectivity index (χ0v) is 14.3. The number of ether oxygens (including phenoxy) is 2. The van der Waals surface area contributed by atoms with Crippen LogP contribution >= 0.6 is 11.6 Å². The lowest BCUT2D eigenvalue weighted by atomic mass is 10.2. The molecule has 0 fully saturated rings. The minimum atomic E-state index is -0.778. The highest BCUT2D eigenvalue weighted by molar-refractivity contribution is 6.31. The number of carbonyl (C=O) groups is 1. The van der Waals surface area contributed by atoms with E-state index in [-0.39, 0.29) is 17.2 Å². The smallest absolute Gasteiger partial charge is 0.312 e. The molecule has 0 saturated heterocycles. The van der Waals surface area contributed by atoms with Crippen molar-refractivity contribution in [1.29, 1.82) is 0 Å². The molecule has 2 N–H and O–H groups in total. The number of nitrogens with one attached hydrogen (secondary N) is 1. The number of hydrogen-bond acceptors (Lipinski definition) is 7. The Hall–Kier alpha value is -3.33. The fraction of sp³-hybridized carbons (Fsp3) is 0.125. The van der Waals surface area contributed by atoms with Gasteiger partial charge in [-0.25, -0.2) is 5.43 Å². The van der Waals surface area contributed by atoms with Crippen LogP contribution in [0.15, 0.2) is 41.5 Å². The van der Waals surface area contributed by atoms with Crippen molar-refractivity contribution in [3.63, 3.8) is 0 Å². The van der Waals surface area contributed by atoms with Gasteiger partial charge in [0.1, 0.15) is 11.5 Å². The van der Waals surface area contributed by atoms with Crippen molar-refractivity contribution in [3.8, 4) is 17.2 Å². The number of phenolic OH excluding ortho intramolecular Hbond substituents is 1. The second-order valence-corrected chi connectivity index (χ2v) is 5.31. The molecule has 2 aromatic rings. The SMILES string of the molecule is COc1ccc(OCC(=O)N/N=C/c2cc(Cl)cc([N+](=O)[O-])c2O)cc1. The molecule has 136 valence electrons. The lowest BCUT2D eigenvalue weighted by Gasteiger charge is -2.06. The van der Waals surface area contributed by atoms with Gasteiger partial charge in [-0.15, -0.1) is 0 Å². The monoisotopic (exact) mass is 379 g/mol. The summed E-state index contributed by atoms with van der Waals surface area (Å²) in [5.74, 6) is -0.0465. The number of halogens is 1. The summed E-state index contributed by atoms with van der Waals surface area (Å²) in [5.41, 5.74) is 1.60. The molecule has 10 heteroatoms. The Bertz CT molecular complexity index is 839. The third kappa shape index (κ3) is 5.08. The minimum absolute atomic E-state index is 0.0134. The molecule has 0 radical (unpaired) electrons. The van der Waals surface area contributed by atoms with Crippen LogP contribution in [0.1, 0.15) is 5.56 Å². The summed E-state index contributed by atoms with van der Waals surface area (Å²) in [4.78, 5) is 21.7. The summed E-state index contributed by atoms with van der Waals surface area (Å²) >= 11 is 5.75. The average molecular weight is 380 g/mol. The van der Waals surface area contributed by atoms with Gasteiger partial charge < -0.3 is 14.6 Å². The van der Waals surface area contributed by atoms with Crippen LogP contribution in [0.4, 0.5) is 5.69 Å². The van der Waals surface area contributed by atoms with E-state index in [0.717, 1.165) is 12.3 Å². The van der Waals surface area contributed by atoms with E-state index in [2.05, 4.69) is 10.5 Å². The van der Waals surface area contributed by atoms with Crippen molar-refractivity contribution in [2.45, 2.75) is 0 Å². The molecule has 0 saturated carbocycles. The highest BCUT2D eigenvalue weighted by Gasteiger charge is 2.17. The van der Waals surface area contributed by atoms with E-state index in [1.165, 1.54) is 13.2 Å². The number of carbonyl (C=O) groups excluding carboxylic acids is 1. The van der Waals surface area contributed by atoms with E-state index in [1.54, 1.807) is 24.3 Å². The molecule has 0 heterocycles. The first-order valence-electron chi connectivity index (χ1n) is 7.16. The van der Waals surface area contributed by atoms with Crippen LogP contribution in [0.2, 0.25) is 5.02 Å². The second-order valence-electron chi connectivity index (χ2n) is 4.88. The number of rotatable bonds is 7. The van der Waals surface area contributed by atoms with Crippen LogP contribution in [-0.4, -0.2) is 35.9 Å². The Morgan fingerprint density at radius 3 is 2.62 bits per heavy atom. The summed E-state index contributed by atoms with van der Waals surface area (Å²) in [5, 5.41) is 24.3. The van der Waals surface area contributed by atoms with E-state index in [1.807, 2.05) is 0 Å². The van der Waals surface area contributed by atoms with Crippen molar-refractivity contribution < 1.29 is 24.3 Å². The Balaban J connectivity index is 1.93.